The standard InChI is InChI=1S/C15H12ClN3O/c1-9-6-7-13-12(8-9)18-15(20-13)19-14(17)10-4-2-3-5-11(10)16/h2-8H,1H3,(H2,17,18,19). The van der Waals surface area contributed by atoms with Crippen molar-refractivity contribution in [3.8, 4) is 0 Å². The van der Waals surface area contributed by atoms with E-state index in [0.29, 0.717) is 16.2 Å². The summed E-state index contributed by atoms with van der Waals surface area (Å²) in [6, 6.07) is 13.2. The van der Waals surface area contributed by atoms with E-state index in [4.69, 9.17) is 21.8 Å². The first-order valence-electron chi connectivity index (χ1n) is 6.10. The molecule has 0 atom stereocenters. The van der Waals surface area contributed by atoms with E-state index < -0.39 is 0 Å². The summed E-state index contributed by atoms with van der Waals surface area (Å²) in [6.07, 6.45) is 0. The van der Waals surface area contributed by atoms with Crippen molar-refractivity contribution in [3.05, 3.63) is 58.6 Å². The third-order valence-electron chi connectivity index (χ3n) is 2.90. The molecule has 100 valence electrons. The van der Waals surface area contributed by atoms with Gasteiger partial charge in [0.1, 0.15) is 11.4 Å². The third kappa shape index (κ3) is 2.38. The Hall–Kier alpha value is -2.33. The lowest BCUT2D eigenvalue weighted by molar-refractivity contribution is 0.613. The highest BCUT2D eigenvalue weighted by Crippen LogP contribution is 2.23. The summed E-state index contributed by atoms with van der Waals surface area (Å²) in [7, 11) is 0. The predicted octanol–water partition coefficient (Wildman–Crippen LogP) is 3.83. The van der Waals surface area contributed by atoms with Crippen molar-refractivity contribution >= 4 is 34.6 Å². The molecule has 0 spiro atoms. The summed E-state index contributed by atoms with van der Waals surface area (Å²) in [5.41, 5.74) is 9.16. The van der Waals surface area contributed by atoms with E-state index in [9.17, 15) is 0 Å². The number of aryl methyl sites for hydroxylation is 1. The van der Waals surface area contributed by atoms with Crippen LogP contribution in [0.4, 0.5) is 6.01 Å². The molecule has 20 heavy (non-hydrogen) atoms. The number of nitrogens with two attached hydrogens (primary N) is 1. The van der Waals surface area contributed by atoms with Crippen LogP contribution < -0.4 is 5.73 Å². The van der Waals surface area contributed by atoms with E-state index in [-0.39, 0.29) is 11.9 Å². The number of aromatic nitrogens is 1. The van der Waals surface area contributed by atoms with Crippen molar-refractivity contribution < 1.29 is 4.42 Å². The van der Waals surface area contributed by atoms with Crippen LogP contribution in [0.2, 0.25) is 5.02 Å². The molecular weight excluding hydrogens is 274 g/mol. The van der Waals surface area contributed by atoms with Crippen LogP contribution in [0, 0.1) is 6.92 Å². The number of halogens is 1. The summed E-state index contributed by atoms with van der Waals surface area (Å²) in [6.45, 7) is 2.00. The zero-order chi connectivity index (χ0) is 14.1. The number of benzene rings is 2. The van der Waals surface area contributed by atoms with Crippen LogP contribution >= 0.6 is 11.6 Å². The Morgan fingerprint density at radius 3 is 2.85 bits per heavy atom. The molecule has 1 aromatic heterocycles. The molecule has 4 nitrogen and oxygen atoms in total. The van der Waals surface area contributed by atoms with Crippen molar-refractivity contribution in [2.75, 3.05) is 0 Å². The number of nitrogens with zero attached hydrogens (tertiary/aromatic N) is 2. The van der Waals surface area contributed by atoms with Gasteiger partial charge in [-0.15, -0.1) is 0 Å². The molecular formula is C15H12ClN3O. The highest BCUT2D eigenvalue weighted by molar-refractivity contribution is 6.34. The maximum absolute atomic E-state index is 6.07. The van der Waals surface area contributed by atoms with Gasteiger partial charge in [0.05, 0.1) is 5.02 Å². The molecule has 2 N–H and O–H groups in total. The SMILES string of the molecule is Cc1ccc2oc(/N=C(\N)c3ccccc3Cl)nc2c1. The van der Waals surface area contributed by atoms with Gasteiger partial charge >= 0.3 is 6.01 Å². The highest BCUT2D eigenvalue weighted by Gasteiger charge is 2.08. The van der Waals surface area contributed by atoms with Crippen molar-refractivity contribution in [2.24, 2.45) is 10.7 Å². The highest BCUT2D eigenvalue weighted by atomic mass is 35.5. The molecule has 2 aromatic carbocycles. The van der Waals surface area contributed by atoms with E-state index in [1.807, 2.05) is 37.3 Å². The smallest absolute Gasteiger partial charge is 0.324 e. The maximum Gasteiger partial charge on any atom is 0.324 e. The second kappa shape index (κ2) is 4.98. The van der Waals surface area contributed by atoms with Gasteiger partial charge in [-0.1, -0.05) is 29.8 Å². The van der Waals surface area contributed by atoms with Crippen molar-refractivity contribution in [3.63, 3.8) is 0 Å². The van der Waals surface area contributed by atoms with Gasteiger partial charge in [0.15, 0.2) is 5.58 Å². The van der Waals surface area contributed by atoms with Crippen LogP contribution in [0.1, 0.15) is 11.1 Å². The molecule has 0 saturated heterocycles. The predicted molar refractivity (Wildman–Crippen MR) is 80.6 cm³/mol. The molecule has 0 unspecified atom stereocenters. The number of hydrogen-bond donors (Lipinski definition) is 1. The summed E-state index contributed by atoms with van der Waals surface area (Å²) in [5, 5.41) is 0.542. The molecule has 1 heterocycles. The first-order valence-corrected chi connectivity index (χ1v) is 6.47. The molecule has 0 amide bonds. The second-order valence-electron chi connectivity index (χ2n) is 4.44. The monoisotopic (exact) mass is 285 g/mol. The molecule has 3 rings (SSSR count). The second-order valence-corrected chi connectivity index (χ2v) is 4.85. The van der Waals surface area contributed by atoms with Crippen molar-refractivity contribution in [1.82, 2.24) is 4.98 Å². The van der Waals surface area contributed by atoms with E-state index in [0.717, 1.165) is 11.1 Å². The van der Waals surface area contributed by atoms with Gasteiger partial charge in [-0.25, -0.2) is 0 Å². The van der Waals surface area contributed by atoms with E-state index >= 15 is 0 Å². The topological polar surface area (TPSA) is 64.4 Å². The minimum absolute atomic E-state index is 0.225. The Bertz CT molecular complexity index is 808. The minimum atomic E-state index is 0.225. The molecule has 5 heteroatoms. The lowest BCUT2D eigenvalue weighted by atomic mass is 10.2. The molecule has 0 fully saturated rings. The lowest BCUT2D eigenvalue weighted by Gasteiger charge is -2.01. The zero-order valence-electron chi connectivity index (χ0n) is 10.8. The summed E-state index contributed by atoms with van der Waals surface area (Å²) in [4.78, 5) is 8.48. The number of aliphatic imine (C=N–C) groups is 1. The van der Waals surface area contributed by atoms with Gasteiger partial charge in [0.25, 0.3) is 0 Å². The fourth-order valence-corrected chi connectivity index (χ4v) is 2.14. The first-order chi connectivity index (χ1) is 9.63. The largest absolute Gasteiger partial charge is 0.422 e. The average molecular weight is 286 g/mol. The number of fused-ring (bicyclic) bond motifs is 1. The lowest BCUT2D eigenvalue weighted by Crippen LogP contribution is -2.13. The van der Waals surface area contributed by atoms with Gasteiger partial charge in [0.2, 0.25) is 0 Å². The third-order valence-corrected chi connectivity index (χ3v) is 3.23. The average Bonchev–Trinajstić information content (AvgIpc) is 2.80. The normalized spacial score (nSPS) is 12.0. The van der Waals surface area contributed by atoms with Gasteiger partial charge in [0, 0.05) is 5.56 Å². The van der Waals surface area contributed by atoms with Crippen LogP contribution in [0.25, 0.3) is 11.1 Å². The number of hydrogen-bond acceptors (Lipinski definition) is 3. The Morgan fingerprint density at radius 2 is 2.05 bits per heavy atom. The van der Waals surface area contributed by atoms with E-state index in [1.54, 1.807) is 12.1 Å². The van der Waals surface area contributed by atoms with Crippen molar-refractivity contribution in [2.45, 2.75) is 6.92 Å². The molecule has 0 bridgehead atoms. The van der Waals surface area contributed by atoms with Gasteiger partial charge in [-0.2, -0.15) is 9.98 Å². The molecule has 0 radical (unpaired) electrons. The Kier molecular flexibility index (Phi) is 3.16. The number of amidine groups is 1. The van der Waals surface area contributed by atoms with E-state index in [1.165, 1.54) is 0 Å². The van der Waals surface area contributed by atoms with Gasteiger partial charge in [-0.3, -0.25) is 0 Å². The Balaban J connectivity index is 2.03. The molecule has 0 saturated carbocycles. The van der Waals surface area contributed by atoms with Crippen LogP contribution in [0.5, 0.6) is 0 Å². The molecule has 3 aromatic rings. The first kappa shape index (κ1) is 12.7. The quantitative estimate of drug-likeness (QED) is 0.575. The molecule has 0 aliphatic heterocycles. The van der Waals surface area contributed by atoms with Crippen LogP contribution in [-0.4, -0.2) is 10.8 Å². The van der Waals surface area contributed by atoms with Crippen LogP contribution in [-0.2, 0) is 0 Å². The summed E-state index contributed by atoms with van der Waals surface area (Å²) < 4.78 is 5.53. The van der Waals surface area contributed by atoms with Crippen LogP contribution in [0.3, 0.4) is 0 Å². The zero-order valence-corrected chi connectivity index (χ0v) is 11.6. The van der Waals surface area contributed by atoms with Gasteiger partial charge in [-0.05, 0) is 36.8 Å². The fraction of sp³-hybridized carbons (Fsp3) is 0.0667. The van der Waals surface area contributed by atoms with Crippen LogP contribution in [0.15, 0.2) is 51.9 Å². The molecule has 0 aliphatic carbocycles. The number of rotatable bonds is 2. The maximum atomic E-state index is 6.07. The molecule has 0 aliphatic rings. The summed E-state index contributed by atoms with van der Waals surface area (Å²) >= 11 is 6.07. The van der Waals surface area contributed by atoms with Crippen molar-refractivity contribution in [1.29, 1.82) is 0 Å². The van der Waals surface area contributed by atoms with E-state index in [2.05, 4.69) is 9.98 Å². The van der Waals surface area contributed by atoms with Gasteiger partial charge < -0.3 is 10.2 Å². The Morgan fingerprint density at radius 1 is 1.25 bits per heavy atom. The minimum Gasteiger partial charge on any atom is -0.422 e. The fourth-order valence-electron chi connectivity index (χ4n) is 1.91. The number of oxazole rings is 1. The Labute approximate surface area is 120 Å². The summed E-state index contributed by atoms with van der Waals surface area (Å²) in [5.74, 6) is 0.277.